The summed E-state index contributed by atoms with van der Waals surface area (Å²) in [5.41, 5.74) is 3.17. The molecule has 0 aliphatic carbocycles. The van der Waals surface area contributed by atoms with Crippen molar-refractivity contribution in [2.75, 3.05) is 38.6 Å². The number of rotatable bonds is 6. The van der Waals surface area contributed by atoms with Crippen LogP contribution in [0.5, 0.6) is 0 Å². The lowest BCUT2D eigenvalue weighted by Gasteiger charge is -2.43. The van der Waals surface area contributed by atoms with Gasteiger partial charge in [-0.3, -0.25) is 24.0 Å². The number of aliphatic hydroxyl groups is 1. The highest BCUT2D eigenvalue weighted by atomic mass is 35.5. The zero-order valence-electron chi connectivity index (χ0n) is 23.9. The number of β-amino-alcohol motifs (C(OH)–C–C–N with tert-alkyl or cyclic N) is 1. The Bertz CT molecular complexity index is 1640. The molecular weight excluding hydrogens is 566 g/mol. The average molecular weight is 600 g/mol. The van der Waals surface area contributed by atoms with Gasteiger partial charge < -0.3 is 20.7 Å². The highest BCUT2D eigenvalue weighted by Gasteiger charge is 2.35. The molecule has 0 unspecified atom stereocenters. The van der Waals surface area contributed by atoms with E-state index in [0.29, 0.717) is 43.5 Å². The van der Waals surface area contributed by atoms with Crippen molar-refractivity contribution in [3.05, 3.63) is 106 Å². The molecule has 9 nitrogen and oxygen atoms in total. The van der Waals surface area contributed by atoms with Crippen LogP contribution in [0.4, 0.5) is 0 Å². The first-order valence-corrected chi connectivity index (χ1v) is 14.9. The molecule has 10 heteroatoms. The molecule has 2 fully saturated rings. The van der Waals surface area contributed by atoms with Gasteiger partial charge in [0.15, 0.2) is 0 Å². The molecule has 0 saturated carbocycles. The van der Waals surface area contributed by atoms with Gasteiger partial charge in [0.2, 0.25) is 0 Å². The maximum absolute atomic E-state index is 14.0. The second-order valence-corrected chi connectivity index (χ2v) is 11.8. The molecule has 4 aromatic rings. The third-order valence-corrected chi connectivity index (χ3v) is 8.87. The number of halogens is 1. The van der Waals surface area contributed by atoms with Crippen LogP contribution in [0.3, 0.4) is 0 Å². The molecule has 222 valence electrons. The Labute approximate surface area is 255 Å². The van der Waals surface area contributed by atoms with E-state index in [1.165, 1.54) is 26.9 Å². The molecule has 0 spiro atoms. The number of nitrogens with two attached hydrogens (primary N) is 1. The van der Waals surface area contributed by atoms with Crippen molar-refractivity contribution < 1.29 is 19.5 Å². The average Bonchev–Trinajstić information content (AvgIpc) is 3.59. The van der Waals surface area contributed by atoms with Crippen LogP contribution in [0.2, 0.25) is 5.02 Å². The van der Waals surface area contributed by atoms with Crippen LogP contribution in [0.25, 0.3) is 10.9 Å². The van der Waals surface area contributed by atoms with Crippen molar-refractivity contribution >= 4 is 40.1 Å². The number of fused-ring (bicyclic) bond motifs is 1. The topological polar surface area (TPSA) is 112 Å². The van der Waals surface area contributed by atoms with Gasteiger partial charge in [0.05, 0.1) is 33.8 Å². The predicted octanol–water partition coefficient (Wildman–Crippen LogP) is 3.72. The van der Waals surface area contributed by atoms with Crippen LogP contribution in [-0.2, 0) is 4.79 Å². The van der Waals surface area contributed by atoms with Gasteiger partial charge in [0.25, 0.3) is 17.6 Å². The second kappa shape index (κ2) is 11.8. The fraction of sp³-hybridized carbons (Fsp3) is 0.303. The Morgan fingerprint density at radius 2 is 1.56 bits per heavy atom. The van der Waals surface area contributed by atoms with Gasteiger partial charge in [-0.25, -0.2) is 0 Å². The second-order valence-electron chi connectivity index (χ2n) is 11.4. The molecule has 2 atom stereocenters. The monoisotopic (exact) mass is 599 g/mol. The number of hydrogen-bond acceptors (Lipinski definition) is 6. The van der Waals surface area contributed by atoms with Crippen LogP contribution >= 0.6 is 11.6 Å². The first-order valence-electron chi connectivity index (χ1n) is 14.5. The molecule has 6 rings (SSSR count). The minimum Gasteiger partial charge on any atom is -0.391 e. The Balaban J connectivity index is 1.26. The number of amides is 2. The molecule has 2 aliphatic heterocycles. The number of nitrogens with zero attached hydrogens (tertiary/aromatic N) is 4. The van der Waals surface area contributed by atoms with E-state index in [0.717, 1.165) is 0 Å². The number of carbonyl (C=O) groups is 3. The summed E-state index contributed by atoms with van der Waals surface area (Å²) in [6.07, 6.45) is 1.17. The van der Waals surface area contributed by atoms with Crippen molar-refractivity contribution in [1.82, 2.24) is 19.4 Å². The number of Topliss-reactive ketones (excluding diaryl/α,β-unsaturated/α-hetero) is 1. The van der Waals surface area contributed by atoms with Crippen LogP contribution in [-0.4, -0.2) is 86.9 Å². The molecule has 1 aromatic heterocycles. The third-order valence-electron chi connectivity index (χ3n) is 8.56. The van der Waals surface area contributed by atoms with E-state index < -0.39 is 17.8 Å². The van der Waals surface area contributed by atoms with Crippen LogP contribution in [0.1, 0.15) is 51.2 Å². The van der Waals surface area contributed by atoms with Gasteiger partial charge in [0, 0.05) is 50.3 Å². The van der Waals surface area contributed by atoms with Gasteiger partial charge in [-0.2, -0.15) is 0 Å². The zero-order valence-corrected chi connectivity index (χ0v) is 24.7. The van der Waals surface area contributed by atoms with Crippen molar-refractivity contribution in [3.63, 3.8) is 0 Å². The highest BCUT2D eigenvalue weighted by molar-refractivity contribution is 6.45. The number of benzene rings is 3. The Morgan fingerprint density at radius 1 is 0.907 bits per heavy atom. The summed E-state index contributed by atoms with van der Waals surface area (Å²) in [6, 6.07) is 23.8. The summed E-state index contributed by atoms with van der Waals surface area (Å²) in [4.78, 5) is 45.7. The lowest BCUT2D eigenvalue weighted by molar-refractivity contribution is -0.125. The molecule has 0 bridgehead atoms. The van der Waals surface area contributed by atoms with Gasteiger partial charge in [-0.05, 0) is 36.6 Å². The van der Waals surface area contributed by atoms with E-state index in [4.69, 9.17) is 17.4 Å². The molecule has 3 heterocycles. The van der Waals surface area contributed by atoms with Crippen molar-refractivity contribution in [2.45, 2.75) is 31.5 Å². The van der Waals surface area contributed by atoms with E-state index in [1.807, 2.05) is 48.2 Å². The molecular formula is C33H34ClN5O4. The molecule has 3 aromatic carbocycles. The van der Waals surface area contributed by atoms with Crippen molar-refractivity contribution in [3.8, 4) is 0 Å². The number of ketones is 1. The number of aromatic nitrogens is 1. The van der Waals surface area contributed by atoms with Crippen molar-refractivity contribution in [2.24, 2.45) is 0 Å². The quantitative estimate of drug-likeness (QED) is 0.198. The van der Waals surface area contributed by atoms with Crippen LogP contribution < -0.4 is 5.84 Å². The summed E-state index contributed by atoms with van der Waals surface area (Å²) in [5.74, 6) is 4.44. The highest BCUT2D eigenvalue weighted by Crippen LogP contribution is 2.33. The number of aliphatic hydroxyl groups excluding tert-OH is 1. The Kier molecular flexibility index (Phi) is 7.96. The fourth-order valence-corrected chi connectivity index (χ4v) is 6.60. The summed E-state index contributed by atoms with van der Waals surface area (Å²) in [6.45, 7) is 4.24. The minimum absolute atomic E-state index is 0.0502. The number of piperazine rings is 1. The smallest absolute Gasteiger partial charge is 0.295 e. The molecule has 0 radical (unpaired) electrons. The largest absolute Gasteiger partial charge is 0.391 e. The maximum atomic E-state index is 14.0. The summed E-state index contributed by atoms with van der Waals surface area (Å²) in [5, 5.41) is 10.4. The number of likely N-dealkylation sites (tertiary alicyclic amines) is 1. The van der Waals surface area contributed by atoms with E-state index >= 15 is 0 Å². The number of carbonyl (C=O) groups excluding carboxylic acids is 3. The normalized spacial score (nSPS) is 19.3. The van der Waals surface area contributed by atoms with E-state index in [9.17, 15) is 19.5 Å². The summed E-state index contributed by atoms with van der Waals surface area (Å²) in [7, 11) is 0. The lowest BCUT2D eigenvalue weighted by atomic mass is 9.95. The maximum Gasteiger partial charge on any atom is 0.295 e. The number of nitrogen functional groups attached to an aromatic ring is 1. The SMILES string of the molecule is C[C@@H]1CN(C(c2ccccc2)c2ccccc2)CCN1C(=O)c1cc2c(C(=O)C(=O)N3CC[C@@H](O)C3)cn(N)c2cc1Cl. The van der Waals surface area contributed by atoms with Crippen LogP contribution in [0, 0.1) is 0 Å². The minimum atomic E-state index is -0.737. The Hall–Kier alpha value is -4.18. The lowest BCUT2D eigenvalue weighted by Crippen LogP contribution is -2.54. The molecule has 43 heavy (non-hydrogen) atoms. The molecule has 2 aliphatic rings. The zero-order chi connectivity index (χ0) is 30.2. The summed E-state index contributed by atoms with van der Waals surface area (Å²) >= 11 is 6.63. The van der Waals surface area contributed by atoms with Gasteiger partial charge >= 0.3 is 0 Å². The van der Waals surface area contributed by atoms with E-state index in [1.54, 1.807) is 12.1 Å². The molecule has 2 saturated heterocycles. The van der Waals surface area contributed by atoms with Gasteiger partial charge in [-0.1, -0.05) is 72.3 Å². The molecule has 2 amide bonds. The van der Waals surface area contributed by atoms with E-state index in [2.05, 4.69) is 29.2 Å². The van der Waals surface area contributed by atoms with Gasteiger partial charge in [-0.15, -0.1) is 0 Å². The first-order chi connectivity index (χ1) is 20.7. The summed E-state index contributed by atoms with van der Waals surface area (Å²) < 4.78 is 1.24. The predicted molar refractivity (Wildman–Crippen MR) is 165 cm³/mol. The van der Waals surface area contributed by atoms with Crippen LogP contribution in [0.15, 0.2) is 79.0 Å². The van der Waals surface area contributed by atoms with E-state index in [-0.39, 0.29) is 40.7 Å². The van der Waals surface area contributed by atoms with Gasteiger partial charge in [0.1, 0.15) is 0 Å². The van der Waals surface area contributed by atoms with Crippen molar-refractivity contribution in [1.29, 1.82) is 0 Å². The standard InChI is InChI=1S/C33H34ClN5O4/c1-21-18-36(30(22-8-4-2-5-9-22)23-10-6-3-7-11-23)14-15-38(21)32(42)26-16-25-27(20-39(35)29(25)17-28(26)34)31(41)33(43)37-13-12-24(40)19-37/h2-11,16-17,20-21,24,30,40H,12-15,18-19,35H2,1H3/t21-,24-/m1/s1. The Morgan fingerprint density at radius 3 is 2.14 bits per heavy atom. The third kappa shape index (κ3) is 5.51. The number of hydrogen-bond donors (Lipinski definition) is 2. The molecule has 3 N–H and O–H groups in total. The fourth-order valence-electron chi connectivity index (χ4n) is 6.36. The first kappa shape index (κ1) is 28.9.